The van der Waals surface area contributed by atoms with E-state index in [0.29, 0.717) is 23.7 Å². The van der Waals surface area contributed by atoms with E-state index in [1.807, 2.05) is 25.1 Å². The molecule has 1 heterocycles. The summed E-state index contributed by atoms with van der Waals surface area (Å²) in [5.74, 6) is 1.05. The minimum atomic E-state index is -0.165. The highest BCUT2D eigenvalue weighted by molar-refractivity contribution is 6.06. The molecule has 1 aliphatic heterocycles. The average Bonchev–Trinajstić information content (AvgIpc) is 2.73. The van der Waals surface area contributed by atoms with Crippen molar-refractivity contribution in [3.63, 3.8) is 0 Å². The molecule has 2 aromatic carbocycles. The van der Waals surface area contributed by atoms with Gasteiger partial charge in [0.2, 0.25) is 0 Å². The minimum Gasteiger partial charge on any atom is -0.493 e. The van der Waals surface area contributed by atoms with Crippen molar-refractivity contribution in [2.75, 3.05) is 57.2 Å². The zero-order valence-corrected chi connectivity index (χ0v) is 16.9. The van der Waals surface area contributed by atoms with Gasteiger partial charge in [-0.25, -0.2) is 0 Å². The van der Waals surface area contributed by atoms with Crippen molar-refractivity contribution in [1.29, 1.82) is 0 Å². The van der Waals surface area contributed by atoms with Crippen LogP contribution in [-0.4, -0.2) is 57.8 Å². The van der Waals surface area contributed by atoms with Crippen LogP contribution in [0.5, 0.6) is 11.5 Å². The van der Waals surface area contributed by atoms with E-state index in [9.17, 15) is 4.79 Å². The third kappa shape index (κ3) is 4.75. The lowest BCUT2D eigenvalue weighted by Gasteiger charge is -2.35. The van der Waals surface area contributed by atoms with E-state index in [-0.39, 0.29) is 5.91 Å². The Hall–Kier alpha value is -2.73. The fourth-order valence-corrected chi connectivity index (χ4v) is 3.24. The van der Waals surface area contributed by atoms with E-state index >= 15 is 0 Å². The SMILES string of the molecule is CCCOc1ccc(C(=O)Nc2ccccc2N2CCN(C)CC2)cc1OC. The van der Waals surface area contributed by atoms with E-state index < -0.39 is 0 Å². The van der Waals surface area contributed by atoms with Gasteiger partial charge in [-0.3, -0.25) is 4.79 Å². The van der Waals surface area contributed by atoms with E-state index in [1.165, 1.54) is 0 Å². The Morgan fingerprint density at radius 1 is 1.07 bits per heavy atom. The van der Waals surface area contributed by atoms with Crippen molar-refractivity contribution >= 4 is 17.3 Å². The van der Waals surface area contributed by atoms with Gasteiger partial charge in [-0.05, 0) is 43.8 Å². The summed E-state index contributed by atoms with van der Waals surface area (Å²) < 4.78 is 11.1. The summed E-state index contributed by atoms with van der Waals surface area (Å²) in [6.07, 6.45) is 0.911. The number of ether oxygens (including phenoxy) is 2. The normalized spacial score (nSPS) is 14.6. The number of carbonyl (C=O) groups is 1. The maximum absolute atomic E-state index is 12.9. The van der Waals surface area contributed by atoms with Crippen LogP contribution in [0, 0.1) is 0 Å². The lowest BCUT2D eigenvalue weighted by Crippen LogP contribution is -2.44. The number of benzene rings is 2. The van der Waals surface area contributed by atoms with Crippen LogP contribution in [0.1, 0.15) is 23.7 Å². The molecule has 0 saturated carbocycles. The Labute approximate surface area is 167 Å². The summed E-state index contributed by atoms with van der Waals surface area (Å²) in [6, 6.07) is 13.2. The number of nitrogens with zero attached hydrogens (tertiary/aromatic N) is 2. The summed E-state index contributed by atoms with van der Waals surface area (Å²) in [5.41, 5.74) is 2.41. The van der Waals surface area contributed by atoms with Crippen LogP contribution in [0.25, 0.3) is 0 Å². The van der Waals surface area contributed by atoms with Crippen molar-refractivity contribution < 1.29 is 14.3 Å². The summed E-state index contributed by atoms with van der Waals surface area (Å²) in [6.45, 7) is 6.57. The van der Waals surface area contributed by atoms with Crippen molar-refractivity contribution in [2.45, 2.75) is 13.3 Å². The number of amides is 1. The molecule has 1 N–H and O–H groups in total. The van der Waals surface area contributed by atoms with Gasteiger partial charge in [-0.15, -0.1) is 0 Å². The molecule has 3 rings (SSSR count). The Morgan fingerprint density at radius 3 is 2.54 bits per heavy atom. The molecule has 2 aromatic rings. The lowest BCUT2D eigenvalue weighted by molar-refractivity contribution is 0.102. The molecule has 6 nitrogen and oxygen atoms in total. The van der Waals surface area contributed by atoms with Gasteiger partial charge in [0.15, 0.2) is 11.5 Å². The van der Waals surface area contributed by atoms with Crippen molar-refractivity contribution in [1.82, 2.24) is 4.90 Å². The Balaban J connectivity index is 1.76. The molecule has 1 saturated heterocycles. The fraction of sp³-hybridized carbons (Fsp3) is 0.409. The van der Waals surface area contributed by atoms with Crippen LogP contribution in [-0.2, 0) is 0 Å². The number of anilines is 2. The van der Waals surface area contributed by atoms with E-state index in [1.54, 1.807) is 25.3 Å². The fourth-order valence-electron chi connectivity index (χ4n) is 3.24. The van der Waals surface area contributed by atoms with Crippen LogP contribution in [0.3, 0.4) is 0 Å². The predicted octanol–water partition coefficient (Wildman–Crippen LogP) is 3.49. The van der Waals surface area contributed by atoms with Gasteiger partial charge in [0, 0.05) is 31.7 Å². The average molecular weight is 383 g/mol. The summed E-state index contributed by atoms with van der Waals surface area (Å²) >= 11 is 0. The number of rotatable bonds is 7. The summed E-state index contributed by atoms with van der Waals surface area (Å²) in [4.78, 5) is 17.5. The Morgan fingerprint density at radius 2 is 1.82 bits per heavy atom. The van der Waals surface area contributed by atoms with E-state index in [0.717, 1.165) is 44.0 Å². The molecule has 1 fully saturated rings. The molecule has 6 heteroatoms. The molecule has 150 valence electrons. The molecular weight excluding hydrogens is 354 g/mol. The predicted molar refractivity (Wildman–Crippen MR) is 113 cm³/mol. The Kier molecular flexibility index (Phi) is 6.76. The number of piperazine rings is 1. The van der Waals surface area contributed by atoms with Crippen molar-refractivity contribution in [3.8, 4) is 11.5 Å². The zero-order chi connectivity index (χ0) is 19.9. The molecule has 1 aliphatic rings. The highest BCUT2D eigenvalue weighted by Crippen LogP contribution is 2.30. The number of para-hydroxylation sites is 2. The second kappa shape index (κ2) is 9.46. The zero-order valence-electron chi connectivity index (χ0n) is 16.9. The second-order valence-corrected chi connectivity index (χ2v) is 6.98. The van der Waals surface area contributed by atoms with Gasteiger partial charge < -0.3 is 24.6 Å². The number of methoxy groups -OCH3 is 1. The quantitative estimate of drug-likeness (QED) is 0.793. The first-order valence-corrected chi connectivity index (χ1v) is 9.77. The van der Waals surface area contributed by atoms with Gasteiger partial charge in [0.1, 0.15) is 0 Å². The first-order valence-electron chi connectivity index (χ1n) is 9.77. The van der Waals surface area contributed by atoms with Gasteiger partial charge in [0.05, 0.1) is 25.1 Å². The van der Waals surface area contributed by atoms with Gasteiger partial charge in [0.25, 0.3) is 5.91 Å². The van der Waals surface area contributed by atoms with Gasteiger partial charge >= 0.3 is 0 Å². The minimum absolute atomic E-state index is 0.165. The van der Waals surface area contributed by atoms with Crippen molar-refractivity contribution in [3.05, 3.63) is 48.0 Å². The third-order valence-corrected chi connectivity index (χ3v) is 4.88. The number of nitrogens with one attached hydrogen (secondary N) is 1. The number of carbonyl (C=O) groups excluding carboxylic acids is 1. The maximum Gasteiger partial charge on any atom is 0.255 e. The van der Waals surface area contributed by atoms with Crippen LogP contribution < -0.4 is 19.7 Å². The van der Waals surface area contributed by atoms with Gasteiger partial charge in [-0.2, -0.15) is 0 Å². The molecule has 1 amide bonds. The molecule has 28 heavy (non-hydrogen) atoms. The second-order valence-electron chi connectivity index (χ2n) is 6.98. The monoisotopic (exact) mass is 383 g/mol. The molecule has 0 spiro atoms. The highest BCUT2D eigenvalue weighted by Gasteiger charge is 2.18. The van der Waals surface area contributed by atoms with Crippen LogP contribution in [0.2, 0.25) is 0 Å². The molecule has 0 atom stereocenters. The van der Waals surface area contributed by atoms with Crippen molar-refractivity contribution in [2.24, 2.45) is 0 Å². The maximum atomic E-state index is 12.9. The first-order chi connectivity index (χ1) is 13.6. The summed E-state index contributed by atoms with van der Waals surface area (Å²) in [7, 11) is 3.71. The molecule has 0 aromatic heterocycles. The first kappa shape index (κ1) is 20.0. The van der Waals surface area contributed by atoms with E-state index in [2.05, 4.69) is 28.2 Å². The number of likely N-dealkylation sites (N-methyl/N-ethyl adjacent to an activating group) is 1. The van der Waals surface area contributed by atoms with Crippen LogP contribution >= 0.6 is 0 Å². The van der Waals surface area contributed by atoms with Crippen LogP contribution in [0.15, 0.2) is 42.5 Å². The number of hydrogen-bond acceptors (Lipinski definition) is 5. The standard InChI is InChI=1S/C22H29N3O3/c1-4-15-28-20-10-9-17(16-21(20)27-3)22(26)23-18-7-5-6-8-19(18)25-13-11-24(2)12-14-25/h5-10,16H,4,11-15H2,1-3H3,(H,23,26). The highest BCUT2D eigenvalue weighted by atomic mass is 16.5. The molecular formula is C22H29N3O3. The third-order valence-electron chi connectivity index (χ3n) is 4.88. The molecule has 0 bridgehead atoms. The van der Waals surface area contributed by atoms with E-state index in [4.69, 9.17) is 9.47 Å². The topological polar surface area (TPSA) is 54.0 Å². The molecule has 0 unspecified atom stereocenters. The molecule has 0 aliphatic carbocycles. The van der Waals surface area contributed by atoms with Crippen LogP contribution in [0.4, 0.5) is 11.4 Å². The number of hydrogen-bond donors (Lipinski definition) is 1. The summed E-state index contributed by atoms with van der Waals surface area (Å²) in [5, 5.41) is 3.06. The Bertz CT molecular complexity index is 801. The van der Waals surface area contributed by atoms with Gasteiger partial charge in [-0.1, -0.05) is 19.1 Å². The largest absolute Gasteiger partial charge is 0.493 e. The lowest BCUT2D eigenvalue weighted by atomic mass is 10.1. The smallest absolute Gasteiger partial charge is 0.255 e. The molecule has 0 radical (unpaired) electrons.